The van der Waals surface area contributed by atoms with Crippen LogP contribution in [0.3, 0.4) is 0 Å². The molecule has 5 heteroatoms. The molecule has 0 aliphatic heterocycles. The molecule has 0 unspecified atom stereocenters. The SMILES string of the molecule is Cc1ccc(/C=C/C(F)(F)S(=O)(=O)c2ccccc2)cc1. The van der Waals surface area contributed by atoms with E-state index in [1.807, 2.05) is 6.92 Å². The zero-order valence-corrected chi connectivity index (χ0v) is 12.1. The van der Waals surface area contributed by atoms with Crippen molar-refractivity contribution in [3.63, 3.8) is 0 Å². The normalized spacial score (nSPS) is 12.7. The molecule has 2 rings (SSSR count). The summed E-state index contributed by atoms with van der Waals surface area (Å²) in [5, 5.41) is -3.96. The van der Waals surface area contributed by atoms with Crippen molar-refractivity contribution in [1.29, 1.82) is 0 Å². The van der Waals surface area contributed by atoms with Gasteiger partial charge < -0.3 is 0 Å². The van der Waals surface area contributed by atoms with Crippen LogP contribution >= 0.6 is 0 Å². The van der Waals surface area contributed by atoms with Crippen molar-refractivity contribution in [2.75, 3.05) is 0 Å². The molecular formula is C16H14F2O2S. The Morgan fingerprint density at radius 1 is 0.952 bits per heavy atom. The summed E-state index contributed by atoms with van der Waals surface area (Å²) >= 11 is 0. The van der Waals surface area contributed by atoms with E-state index >= 15 is 0 Å². The summed E-state index contributed by atoms with van der Waals surface area (Å²) in [5.41, 5.74) is 1.51. The summed E-state index contributed by atoms with van der Waals surface area (Å²) in [6.07, 6.45) is 1.53. The molecule has 0 radical (unpaired) electrons. The highest BCUT2D eigenvalue weighted by molar-refractivity contribution is 7.92. The molecule has 110 valence electrons. The minimum absolute atomic E-state index is 0.399. The Kier molecular flexibility index (Phi) is 4.23. The van der Waals surface area contributed by atoms with E-state index in [0.717, 1.165) is 23.8 Å². The highest BCUT2D eigenvalue weighted by Crippen LogP contribution is 2.30. The zero-order chi connectivity index (χ0) is 15.5. The highest BCUT2D eigenvalue weighted by atomic mass is 32.2. The Labute approximate surface area is 122 Å². The average molecular weight is 308 g/mol. The fourth-order valence-electron chi connectivity index (χ4n) is 1.72. The predicted octanol–water partition coefficient (Wildman–Crippen LogP) is 4.07. The first-order chi connectivity index (χ1) is 9.83. The zero-order valence-electron chi connectivity index (χ0n) is 11.3. The first-order valence-electron chi connectivity index (χ1n) is 6.26. The molecule has 2 nitrogen and oxygen atoms in total. The molecule has 0 aliphatic carbocycles. The third-order valence-electron chi connectivity index (χ3n) is 2.96. The average Bonchev–Trinajstić information content (AvgIpc) is 2.47. The van der Waals surface area contributed by atoms with Gasteiger partial charge in [-0.05, 0) is 24.6 Å². The maximum absolute atomic E-state index is 14.0. The first-order valence-corrected chi connectivity index (χ1v) is 7.75. The second-order valence-electron chi connectivity index (χ2n) is 4.62. The molecule has 0 spiro atoms. The lowest BCUT2D eigenvalue weighted by atomic mass is 10.1. The Bertz CT molecular complexity index is 734. The topological polar surface area (TPSA) is 34.1 Å². The van der Waals surface area contributed by atoms with Gasteiger partial charge in [0.25, 0.3) is 0 Å². The van der Waals surface area contributed by atoms with E-state index < -0.39 is 20.0 Å². The molecule has 0 fully saturated rings. The van der Waals surface area contributed by atoms with Gasteiger partial charge in [0.1, 0.15) is 0 Å². The summed E-state index contributed by atoms with van der Waals surface area (Å²) in [6.45, 7) is 1.88. The standard InChI is InChI=1S/C16H14F2O2S/c1-13-7-9-14(10-8-13)11-12-16(17,18)21(19,20)15-5-3-2-4-6-15/h2-12H,1H3/b12-11+. The monoisotopic (exact) mass is 308 g/mol. The van der Waals surface area contributed by atoms with Gasteiger partial charge in [-0.3, -0.25) is 0 Å². The van der Waals surface area contributed by atoms with Crippen molar-refractivity contribution in [2.24, 2.45) is 0 Å². The number of hydrogen-bond acceptors (Lipinski definition) is 2. The maximum atomic E-state index is 14.0. The van der Waals surface area contributed by atoms with Crippen molar-refractivity contribution in [3.05, 3.63) is 71.8 Å². The number of aryl methyl sites for hydroxylation is 1. The van der Waals surface area contributed by atoms with E-state index in [0.29, 0.717) is 11.6 Å². The molecule has 2 aromatic rings. The number of benzene rings is 2. The van der Waals surface area contributed by atoms with Crippen LogP contribution in [0.1, 0.15) is 11.1 Å². The van der Waals surface area contributed by atoms with Gasteiger partial charge in [0.15, 0.2) is 0 Å². The van der Waals surface area contributed by atoms with E-state index in [-0.39, 0.29) is 0 Å². The predicted molar refractivity (Wildman–Crippen MR) is 78.8 cm³/mol. The van der Waals surface area contributed by atoms with Crippen LogP contribution in [0, 0.1) is 6.92 Å². The van der Waals surface area contributed by atoms with E-state index in [2.05, 4.69) is 0 Å². The van der Waals surface area contributed by atoms with Crippen molar-refractivity contribution in [2.45, 2.75) is 17.1 Å². The number of rotatable bonds is 4. The number of halogens is 2. The molecule has 0 atom stereocenters. The number of alkyl halides is 2. The molecule has 21 heavy (non-hydrogen) atoms. The van der Waals surface area contributed by atoms with Crippen molar-refractivity contribution in [3.8, 4) is 0 Å². The summed E-state index contributed by atoms with van der Waals surface area (Å²) in [5.74, 6) is 0. The van der Waals surface area contributed by atoms with Crippen LogP contribution in [0.5, 0.6) is 0 Å². The Hall–Kier alpha value is -2.01. The largest absolute Gasteiger partial charge is 0.368 e. The van der Waals surface area contributed by atoms with Crippen LogP contribution in [0.2, 0.25) is 0 Å². The van der Waals surface area contributed by atoms with Crippen LogP contribution in [0.25, 0.3) is 6.08 Å². The molecule has 0 amide bonds. The second kappa shape index (κ2) is 5.77. The van der Waals surface area contributed by atoms with E-state index in [4.69, 9.17) is 0 Å². The van der Waals surface area contributed by atoms with Gasteiger partial charge in [0.2, 0.25) is 9.84 Å². The van der Waals surface area contributed by atoms with Crippen LogP contribution in [-0.4, -0.2) is 13.7 Å². The van der Waals surface area contributed by atoms with E-state index in [1.165, 1.54) is 12.1 Å². The van der Waals surface area contributed by atoms with Crippen LogP contribution < -0.4 is 0 Å². The fraction of sp³-hybridized carbons (Fsp3) is 0.125. The molecule has 2 aromatic carbocycles. The van der Waals surface area contributed by atoms with E-state index in [9.17, 15) is 17.2 Å². The van der Waals surface area contributed by atoms with Crippen LogP contribution in [0.4, 0.5) is 8.78 Å². The van der Waals surface area contributed by atoms with Gasteiger partial charge in [-0.25, -0.2) is 8.42 Å². The molecular weight excluding hydrogens is 294 g/mol. The van der Waals surface area contributed by atoms with E-state index in [1.54, 1.807) is 30.3 Å². The van der Waals surface area contributed by atoms with Crippen LogP contribution in [0.15, 0.2) is 65.6 Å². The third kappa shape index (κ3) is 3.36. The number of sulfone groups is 1. The molecule has 0 saturated carbocycles. The Balaban J connectivity index is 2.31. The van der Waals surface area contributed by atoms with Gasteiger partial charge in [0.05, 0.1) is 4.90 Å². The summed E-state index contributed by atoms with van der Waals surface area (Å²) < 4.78 is 51.8. The van der Waals surface area contributed by atoms with Gasteiger partial charge in [0, 0.05) is 6.08 Å². The fourth-order valence-corrected chi connectivity index (χ4v) is 2.79. The van der Waals surface area contributed by atoms with Crippen molar-refractivity contribution < 1.29 is 17.2 Å². The summed E-state index contributed by atoms with van der Waals surface area (Å²) in [4.78, 5) is -0.399. The van der Waals surface area contributed by atoms with Gasteiger partial charge in [-0.1, -0.05) is 54.1 Å². The lowest BCUT2D eigenvalue weighted by molar-refractivity contribution is 0.148. The van der Waals surface area contributed by atoms with Gasteiger partial charge in [-0.15, -0.1) is 0 Å². The minimum Gasteiger partial charge on any atom is -0.217 e. The lowest BCUT2D eigenvalue weighted by Gasteiger charge is -2.13. The second-order valence-corrected chi connectivity index (χ2v) is 6.64. The van der Waals surface area contributed by atoms with Gasteiger partial charge >= 0.3 is 5.25 Å². The molecule has 0 saturated heterocycles. The Morgan fingerprint density at radius 3 is 2.10 bits per heavy atom. The maximum Gasteiger partial charge on any atom is 0.368 e. The quantitative estimate of drug-likeness (QED) is 0.853. The molecule has 0 bridgehead atoms. The summed E-state index contributed by atoms with van der Waals surface area (Å²) in [6, 6.07) is 13.5. The molecule has 0 heterocycles. The lowest BCUT2D eigenvalue weighted by Crippen LogP contribution is -2.26. The van der Waals surface area contributed by atoms with Gasteiger partial charge in [-0.2, -0.15) is 8.78 Å². The molecule has 0 aliphatic rings. The van der Waals surface area contributed by atoms with Crippen molar-refractivity contribution >= 4 is 15.9 Å². The summed E-state index contributed by atoms with van der Waals surface area (Å²) in [7, 11) is -4.74. The molecule has 0 aromatic heterocycles. The third-order valence-corrected chi connectivity index (χ3v) is 4.70. The van der Waals surface area contributed by atoms with Crippen LogP contribution in [-0.2, 0) is 9.84 Å². The first kappa shape index (κ1) is 15.4. The van der Waals surface area contributed by atoms with Crippen molar-refractivity contribution in [1.82, 2.24) is 0 Å². The Morgan fingerprint density at radius 2 is 1.52 bits per heavy atom. The number of hydrogen-bond donors (Lipinski definition) is 0. The minimum atomic E-state index is -4.74. The smallest absolute Gasteiger partial charge is 0.217 e. The molecule has 0 N–H and O–H groups in total. The highest BCUT2D eigenvalue weighted by Gasteiger charge is 2.43.